The largest absolute Gasteiger partial charge is 0.507 e. The number of methoxy groups -OCH3 is 2. The minimum atomic E-state index is -0.799. The number of esters is 1. The molecule has 0 spiro atoms. The average Bonchev–Trinajstić information content (AvgIpc) is 3.34. The van der Waals surface area contributed by atoms with Gasteiger partial charge in [0.25, 0.3) is 11.7 Å². The summed E-state index contributed by atoms with van der Waals surface area (Å²) in [5.41, 5.74) is 2.34. The van der Waals surface area contributed by atoms with Gasteiger partial charge in [-0.25, -0.2) is 4.79 Å². The number of ketones is 1. The van der Waals surface area contributed by atoms with Crippen molar-refractivity contribution in [3.8, 4) is 5.75 Å². The number of benzene rings is 2. The van der Waals surface area contributed by atoms with Gasteiger partial charge in [0, 0.05) is 32.2 Å². The standard InChI is InChI=1S/C26H27NO7/c1-15-13-19-14-18(9-10-20(19)34-15)23(28)21-22(16-5-7-17(8-6-16)26(31)33-3)27(11-4-12-32-2)25(30)24(21)29/h5-10,14-15,22,28H,4,11-13H2,1-3H3/t15-,22-/m0/s1. The zero-order valence-electron chi connectivity index (χ0n) is 19.4. The van der Waals surface area contributed by atoms with E-state index in [-0.39, 0.29) is 24.0 Å². The third kappa shape index (κ3) is 4.28. The zero-order chi connectivity index (χ0) is 24.4. The monoisotopic (exact) mass is 465 g/mol. The Morgan fingerprint density at radius 3 is 2.50 bits per heavy atom. The zero-order valence-corrected chi connectivity index (χ0v) is 19.4. The van der Waals surface area contributed by atoms with Crippen LogP contribution in [0.2, 0.25) is 0 Å². The van der Waals surface area contributed by atoms with Gasteiger partial charge in [-0.05, 0) is 54.8 Å². The van der Waals surface area contributed by atoms with Crippen LogP contribution in [0.5, 0.6) is 5.75 Å². The van der Waals surface area contributed by atoms with Crippen molar-refractivity contribution in [3.63, 3.8) is 0 Å². The summed E-state index contributed by atoms with van der Waals surface area (Å²) < 4.78 is 15.6. The lowest BCUT2D eigenvalue weighted by molar-refractivity contribution is -0.140. The molecule has 1 saturated heterocycles. The number of fused-ring (bicyclic) bond motifs is 1. The molecule has 1 fully saturated rings. The summed E-state index contributed by atoms with van der Waals surface area (Å²) in [7, 11) is 2.86. The van der Waals surface area contributed by atoms with Crippen molar-refractivity contribution in [2.24, 2.45) is 0 Å². The molecule has 2 heterocycles. The van der Waals surface area contributed by atoms with E-state index < -0.39 is 23.7 Å². The van der Waals surface area contributed by atoms with Crippen LogP contribution in [-0.2, 0) is 25.5 Å². The first-order valence-electron chi connectivity index (χ1n) is 11.1. The minimum Gasteiger partial charge on any atom is -0.507 e. The van der Waals surface area contributed by atoms with E-state index in [2.05, 4.69) is 0 Å². The lowest BCUT2D eigenvalue weighted by Gasteiger charge is -2.25. The molecule has 8 nitrogen and oxygen atoms in total. The molecule has 2 aromatic rings. The third-order valence-electron chi connectivity index (χ3n) is 6.10. The first-order valence-corrected chi connectivity index (χ1v) is 11.1. The summed E-state index contributed by atoms with van der Waals surface area (Å²) in [5, 5.41) is 11.2. The quantitative estimate of drug-likeness (QED) is 0.220. The Kier molecular flexibility index (Phi) is 6.70. The number of hydrogen-bond acceptors (Lipinski definition) is 7. The van der Waals surface area contributed by atoms with Gasteiger partial charge in [0.05, 0.1) is 24.3 Å². The average molecular weight is 466 g/mol. The fourth-order valence-electron chi connectivity index (χ4n) is 4.48. The highest BCUT2D eigenvalue weighted by Gasteiger charge is 2.45. The number of carbonyl (C=O) groups is 3. The Morgan fingerprint density at radius 1 is 1.12 bits per heavy atom. The molecular formula is C26H27NO7. The molecule has 178 valence electrons. The molecule has 0 saturated carbocycles. The van der Waals surface area contributed by atoms with Crippen molar-refractivity contribution in [3.05, 3.63) is 70.3 Å². The number of aliphatic hydroxyl groups is 1. The van der Waals surface area contributed by atoms with Gasteiger partial charge in [-0.15, -0.1) is 0 Å². The number of rotatable bonds is 7. The highest BCUT2D eigenvalue weighted by molar-refractivity contribution is 6.46. The Balaban J connectivity index is 1.78. The second kappa shape index (κ2) is 9.69. The van der Waals surface area contributed by atoms with E-state index in [9.17, 15) is 19.5 Å². The number of aliphatic hydroxyl groups excluding tert-OH is 1. The molecule has 8 heteroatoms. The predicted molar refractivity (Wildman–Crippen MR) is 124 cm³/mol. The van der Waals surface area contributed by atoms with E-state index in [4.69, 9.17) is 14.2 Å². The maximum Gasteiger partial charge on any atom is 0.337 e. The molecule has 1 N–H and O–H groups in total. The van der Waals surface area contributed by atoms with Crippen LogP contribution in [0, 0.1) is 0 Å². The summed E-state index contributed by atoms with van der Waals surface area (Å²) >= 11 is 0. The number of amides is 1. The predicted octanol–water partition coefficient (Wildman–Crippen LogP) is 3.25. The van der Waals surface area contributed by atoms with Crippen LogP contribution >= 0.6 is 0 Å². The van der Waals surface area contributed by atoms with Crippen LogP contribution in [0.1, 0.15) is 46.4 Å². The summed E-state index contributed by atoms with van der Waals surface area (Å²) in [6.45, 7) is 2.65. The number of carbonyl (C=O) groups excluding carboxylic acids is 3. The molecule has 34 heavy (non-hydrogen) atoms. The lowest BCUT2D eigenvalue weighted by atomic mass is 9.94. The minimum absolute atomic E-state index is 0.0140. The Bertz CT molecular complexity index is 1150. The van der Waals surface area contributed by atoms with Crippen molar-refractivity contribution in [1.82, 2.24) is 4.90 Å². The van der Waals surface area contributed by atoms with E-state index in [0.717, 1.165) is 11.3 Å². The van der Waals surface area contributed by atoms with Crippen molar-refractivity contribution in [2.75, 3.05) is 27.4 Å². The highest BCUT2D eigenvalue weighted by atomic mass is 16.5. The SMILES string of the molecule is COCCCN1C(=O)C(=O)C(=C(O)c2ccc3c(c2)C[C@H](C)O3)[C@@H]1c1ccc(C(=O)OC)cc1. The van der Waals surface area contributed by atoms with Gasteiger partial charge in [-0.1, -0.05) is 12.1 Å². The fraction of sp³-hybridized carbons (Fsp3) is 0.346. The fourth-order valence-corrected chi connectivity index (χ4v) is 4.48. The molecule has 2 aromatic carbocycles. The molecule has 4 rings (SSSR count). The smallest absolute Gasteiger partial charge is 0.337 e. The maximum absolute atomic E-state index is 13.1. The van der Waals surface area contributed by atoms with Crippen LogP contribution in [0.25, 0.3) is 5.76 Å². The van der Waals surface area contributed by atoms with Gasteiger partial charge >= 0.3 is 5.97 Å². The van der Waals surface area contributed by atoms with Gasteiger partial charge < -0.3 is 24.2 Å². The number of nitrogens with zero attached hydrogens (tertiary/aromatic N) is 1. The number of hydrogen-bond donors (Lipinski definition) is 1. The molecular weight excluding hydrogens is 438 g/mol. The van der Waals surface area contributed by atoms with Crippen molar-refractivity contribution in [2.45, 2.75) is 31.9 Å². The van der Waals surface area contributed by atoms with Crippen LogP contribution in [0.3, 0.4) is 0 Å². The summed E-state index contributed by atoms with van der Waals surface area (Å²) in [6.07, 6.45) is 1.25. The first kappa shape index (κ1) is 23.5. The second-order valence-corrected chi connectivity index (χ2v) is 8.41. The molecule has 0 unspecified atom stereocenters. The Morgan fingerprint density at radius 2 is 1.82 bits per heavy atom. The summed E-state index contributed by atoms with van der Waals surface area (Å²) in [4.78, 5) is 39.4. The van der Waals surface area contributed by atoms with Crippen LogP contribution in [-0.4, -0.2) is 61.1 Å². The van der Waals surface area contributed by atoms with Gasteiger partial charge in [0.1, 0.15) is 17.6 Å². The summed E-state index contributed by atoms with van der Waals surface area (Å²) in [5.74, 6) is -1.41. The first-order chi connectivity index (χ1) is 16.3. The van der Waals surface area contributed by atoms with Crippen molar-refractivity contribution < 1.29 is 33.7 Å². The normalized spacial score (nSPS) is 20.9. The molecule has 2 atom stereocenters. The molecule has 2 aliphatic rings. The molecule has 1 amide bonds. The third-order valence-corrected chi connectivity index (χ3v) is 6.10. The van der Waals surface area contributed by atoms with Crippen molar-refractivity contribution in [1.29, 1.82) is 0 Å². The second-order valence-electron chi connectivity index (χ2n) is 8.41. The Hall–Kier alpha value is -3.65. The number of Topliss-reactive ketones (excluding diaryl/α,β-unsaturated/α-hetero) is 1. The van der Waals surface area contributed by atoms with E-state index in [1.165, 1.54) is 12.0 Å². The Labute approximate surface area is 197 Å². The topological polar surface area (TPSA) is 102 Å². The van der Waals surface area contributed by atoms with Crippen molar-refractivity contribution >= 4 is 23.4 Å². The molecule has 0 aromatic heterocycles. The van der Waals surface area contributed by atoms with Crippen LogP contribution in [0.15, 0.2) is 48.0 Å². The van der Waals surface area contributed by atoms with E-state index in [1.807, 2.05) is 6.92 Å². The van der Waals surface area contributed by atoms with E-state index in [0.29, 0.717) is 36.1 Å². The highest BCUT2D eigenvalue weighted by Crippen LogP contribution is 2.40. The van der Waals surface area contributed by atoms with Gasteiger partial charge in [-0.3, -0.25) is 9.59 Å². The molecule has 0 radical (unpaired) electrons. The molecule has 0 aliphatic carbocycles. The molecule has 0 bridgehead atoms. The van der Waals surface area contributed by atoms with Crippen LogP contribution in [0.4, 0.5) is 0 Å². The van der Waals surface area contributed by atoms with Crippen LogP contribution < -0.4 is 4.74 Å². The lowest BCUT2D eigenvalue weighted by Crippen LogP contribution is -2.31. The van der Waals surface area contributed by atoms with Gasteiger partial charge in [0.2, 0.25) is 0 Å². The van der Waals surface area contributed by atoms with E-state index in [1.54, 1.807) is 49.6 Å². The summed E-state index contributed by atoms with van der Waals surface area (Å²) in [6, 6.07) is 10.9. The molecule has 2 aliphatic heterocycles. The van der Waals surface area contributed by atoms with Gasteiger partial charge in [-0.2, -0.15) is 0 Å². The number of likely N-dealkylation sites (tertiary alicyclic amines) is 1. The van der Waals surface area contributed by atoms with E-state index >= 15 is 0 Å². The maximum atomic E-state index is 13.1. The number of ether oxygens (including phenoxy) is 3. The van der Waals surface area contributed by atoms with Gasteiger partial charge in [0.15, 0.2) is 0 Å².